The topological polar surface area (TPSA) is 41.5 Å². The van der Waals surface area contributed by atoms with Crippen molar-refractivity contribution in [1.29, 1.82) is 0 Å². The summed E-state index contributed by atoms with van der Waals surface area (Å²) in [5.74, 6) is 0. The Hall–Kier alpha value is -0.920. The van der Waals surface area contributed by atoms with E-state index >= 15 is 0 Å². The molecule has 1 aliphatic heterocycles. The Labute approximate surface area is 78.9 Å². The van der Waals surface area contributed by atoms with Gasteiger partial charge in [0.2, 0.25) is 6.08 Å². The van der Waals surface area contributed by atoms with Gasteiger partial charge in [-0.25, -0.2) is 9.79 Å². The lowest BCUT2D eigenvalue weighted by Crippen LogP contribution is -2.34. The summed E-state index contributed by atoms with van der Waals surface area (Å²) in [6.07, 6.45) is 6.24. The quantitative estimate of drug-likeness (QED) is 0.404. The Morgan fingerprint density at radius 3 is 3.08 bits per heavy atom. The third-order valence-corrected chi connectivity index (χ3v) is 2.31. The lowest BCUT2D eigenvalue weighted by Gasteiger charge is -2.23. The van der Waals surface area contributed by atoms with E-state index in [2.05, 4.69) is 16.9 Å². The Morgan fingerprint density at radius 1 is 1.62 bits per heavy atom. The summed E-state index contributed by atoms with van der Waals surface area (Å²) in [5, 5.41) is 3.43. The van der Waals surface area contributed by atoms with Crippen molar-refractivity contribution >= 4 is 6.08 Å². The first kappa shape index (κ1) is 10.2. The first-order chi connectivity index (χ1) is 6.33. The maximum absolute atomic E-state index is 9.85. The molecule has 1 N–H and O–H groups in total. The van der Waals surface area contributed by atoms with Crippen LogP contribution in [0.3, 0.4) is 0 Å². The zero-order chi connectivity index (χ0) is 9.52. The molecule has 0 amide bonds. The van der Waals surface area contributed by atoms with Gasteiger partial charge in [-0.05, 0) is 25.8 Å². The fourth-order valence-corrected chi connectivity index (χ4v) is 1.66. The van der Waals surface area contributed by atoms with Crippen LogP contribution in [0.2, 0.25) is 0 Å². The normalized spacial score (nSPS) is 22.0. The fraction of sp³-hybridized carbons (Fsp3) is 0.700. The number of hydrogen-bond donors (Lipinski definition) is 1. The highest BCUT2D eigenvalue weighted by molar-refractivity contribution is 5.33. The molecule has 0 radical (unpaired) electrons. The minimum absolute atomic E-state index is 0.432. The van der Waals surface area contributed by atoms with Gasteiger partial charge in [0.25, 0.3) is 0 Å². The van der Waals surface area contributed by atoms with Crippen LogP contribution in [0.4, 0.5) is 0 Å². The van der Waals surface area contributed by atoms with Crippen LogP contribution in [0.15, 0.2) is 17.1 Å². The molecular formula is C10H16N2O. The van der Waals surface area contributed by atoms with Gasteiger partial charge in [-0.15, -0.1) is 0 Å². The van der Waals surface area contributed by atoms with Crippen molar-refractivity contribution in [2.45, 2.75) is 31.7 Å². The highest BCUT2D eigenvalue weighted by Crippen LogP contribution is 2.13. The van der Waals surface area contributed by atoms with Crippen molar-refractivity contribution in [3.8, 4) is 0 Å². The number of aliphatic imine (C=N–C) groups is 1. The van der Waals surface area contributed by atoms with Gasteiger partial charge >= 0.3 is 0 Å². The molecule has 1 atom stereocenters. The molecule has 3 heteroatoms. The van der Waals surface area contributed by atoms with E-state index < -0.39 is 0 Å². The van der Waals surface area contributed by atoms with Gasteiger partial charge < -0.3 is 5.32 Å². The van der Waals surface area contributed by atoms with Crippen LogP contribution < -0.4 is 5.32 Å². The molecule has 13 heavy (non-hydrogen) atoms. The number of nitrogens with zero attached hydrogens (tertiary/aromatic N) is 1. The van der Waals surface area contributed by atoms with E-state index in [9.17, 15) is 4.79 Å². The number of nitrogens with one attached hydrogen (secondary N) is 1. The summed E-state index contributed by atoms with van der Waals surface area (Å²) in [6.45, 7) is 5.41. The minimum Gasteiger partial charge on any atom is -0.314 e. The first-order valence-corrected chi connectivity index (χ1v) is 4.76. The van der Waals surface area contributed by atoms with Crippen molar-refractivity contribution in [2.24, 2.45) is 4.99 Å². The molecule has 3 nitrogen and oxygen atoms in total. The van der Waals surface area contributed by atoms with Crippen LogP contribution in [-0.4, -0.2) is 25.2 Å². The molecule has 1 fully saturated rings. The monoisotopic (exact) mass is 180 g/mol. The zero-order valence-electron chi connectivity index (χ0n) is 7.88. The number of piperidine rings is 1. The largest absolute Gasteiger partial charge is 0.314 e. The third-order valence-electron chi connectivity index (χ3n) is 2.31. The highest BCUT2D eigenvalue weighted by Gasteiger charge is 2.12. The second kappa shape index (κ2) is 5.68. The zero-order valence-corrected chi connectivity index (χ0v) is 7.88. The minimum atomic E-state index is 0.432. The van der Waals surface area contributed by atoms with E-state index in [4.69, 9.17) is 0 Å². The summed E-state index contributed by atoms with van der Waals surface area (Å²) < 4.78 is 0. The van der Waals surface area contributed by atoms with Crippen molar-refractivity contribution in [3.63, 3.8) is 0 Å². The lowest BCUT2D eigenvalue weighted by atomic mass is 9.98. The van der Waals surface area contributed by atoms with Crippen molar-refractivity contribution in [1.82, 2.24) is 5.32 Å². The van der Waals surface area contributed by atoms with Gasteiger partial charge in [0.15, 0.2) is 0 Å². The van der Waals surface area contributed by atoms with E-state index in [0.29, 0.717) is 12.6 Å². The Bertz CT molecular complexity index is 213. The van der Waals surface area contributed by atoms with Gasteiger partial charge in [0.1, 0.15) is 0 Å². The molecule has 1 unspecified atom stereocenters. The van der Waals surface area contributed by atoms with Gasteiger partial charge in [0, 0.05) is 6.04 Å². The summed E-state index contributed by atoms with van der Waals surface area (Å²) in [5.41, 5.74) is 1.02. The average molecular weight is 180 g/mol. The van der Waals surface area contributed by atoms with Crippen LogP contribution in [-0.2, 0) is 4.79 Å². The molecule has 0 bridgehead atoms. The SMILES string of the molecule is C=C(CN=C=O)CC1CCCCN1. The van der Waals surface area contributed by atoms with Crippen molar-refractivity contribution in [3.05, 3.63) is 12.2 Å². The predicted octanol–water partition coefficient (Wildman–Crippen LogP) is 1.41. The summed E-state index contributed by atoms with van der Waals surface area (Å²) in [7, 11) is 0. The molecule has 72 valence electrons. The second-order valence-electron chi connectivity index (χ2n) is 3.51. The molecule has 0 aliphatic carbocycles. The second-order valence-corrected chi connectivity index (χ2v) is 3.51. The molecule has 0 saturated carbocycles. The Morgan fingerprint density at radius 2 is 2.46 bits per heavy atom. The Balaban J connectivity index is 2.21. The molecule has 1 aliphatic rings. The maximum Gasteiger partial charge on any atom is 0.235 e. The number of rotatable bonds is 4. The third kappa shape index (κ3) is 4.02. The molecule has 0 spiro atoms. The Kier molecular flexibility index (Phi) is 4.44. The average Bonchev–Trinajstić information content (AvgIpc) is 2.16. The van der Waals surface area contributed by atoms with Crippen LogP contribution in [0.25, 0.3) is 0 Å². The summed E-state index contributed by atoms with van der Waals surface area (Å²) in [6, 6.07) is 0.545. The predicted molar refractivity (Wildman–Crippen MR) is 52.4 cm³/mol. The van der Waals surface area contributed by atoms with E-state index in [1.165, 1.54) is 25.3 Å². The van der Waals surface area contributed by atoms with E-state index in [1.807, 2.05) is 0 Å². The maximum atomic E-state index is 9.85. The first-order valence-electron chi connectivity index (χ1n) is 4.76. The van der Waals surface area contributed by atoms with Gasteiger partial charge in [-0.2, -0.15) is 0 Å². The van der Waals surface area contributed by atoms with Crippen molar-refractivity contribution < 1.29 is 4.79 Å². The number of hydrogen-bond acceptors (Lipinski definition) is 3. The fourth-order valence-electron chi connectivity index (χ4n) is 1.66. The van der Waals surface area contributed by atoms with Crippen molar-refractivity contribution in [2.75, 3.05) is 13.1 Å². The smallest absolute Gasteiger partial charge is 0.235 e. The van der Waals surface area contributed by atoms with E-state index in [-0.39, 0.29) is 0 Å². The number of isocyanates is 1. The summed E-state index contributed by atoms with van der Waals surface area (Å²) in [4.78, 5) is 13.4. The van der Waals surface area contributed by atoms with Crippen LogP contribution >= 0.6 is 0 Å². The van der Waals surface area contributed by atoms with E-state index in [1.54, 1.807) is 0 Å². The van der Waals surface area contributed by atoms with Crippen LogP contribution in [0.1, 0.15) is 25.7 Å². The van der Waals surface area contributed by atoms with Crippen LogP contribution in [0, 0.1) is 0 Å². The number of carbonyl (C=O) groups excluding carboxylic acids is 1. The molecule has 1 rings (SSSR count). The molecule has 1 heterocycles. The molecule has 0 aromatic rings. The highest BCUT2D eigenvalue weighted by atomic mass is 16.1. The molecule has 1 saturated heterocycles. The lowest BCUT2D eigenvalue weighted by molar-refractivity contribution is 0.398. The van der Waals surface area contributed by atoms with E-state index in [0.717, 1.165) is 18.5 Å². The standard InChI is InChI=1S/C10H16N2O/c1-9(7-11-8-13)6-10-4-2-3-5-12-10/h10,12H,1-7H2. The van der Waals surface area contributed by atoms with Gasteiger partial charge in [0.05, 0.1) is 6.54 Å². The molecule has 0 aromatic carbocycles. The van der Waals surface area contributed by atoms with Gasteiger partial charge in [-0.1, -0.05) is 18.6 Å². The van der Waals surface area contributed by atoms with Crippen LogP contribution in [0.5, 0.6) is 0 Å². The molecular weight excluding hydrogens is 164 g/mol. The molecule has 0 aromatic heterocycles. The van der Waals surface area contributed by atoms with Gasteiger partial charge in [-0.3, -0.25) is 0 Å². The summed E-state index contributed by atoms with van der Waals surface area (Å²) >= 11 is 0.